The number of rotatable bonds is 3. The van der Waals surface area contributed by atoms with Crippen molar-refractivity contribution in [2.75, 3.05) is 20.2 Å². The van der Waals surface area contributed by atoms with Gasteiger partial charge in [0.2, 0.25) is 0 Å². The molecule has 0 aromatic heterocycles. The molecule has 1 aliphatic heterocycles. The molecule has 2 atom stereocenters. The SMILES string of the molecule is COc1ccc(C=CC(=S)N2CC(C)OC(C)C2)cc1. The fraction of sp³-hybridized carbons (Fsp3) is 0.438. The molecule has 3 nitrogen and oxygen atoms in total. The summed E-state index contributed by atoms with van der Waals surface area (Å²) in [6.07, 6.45) is 4.48. The Morgan fingerprint density at radius 2 is 1.85 bits per heavy atom. The van der Waals surface area contributed by atoms with Crippen LogP contribution in [0.1, 0.15) is 19.4 Å². The summed E-state index contributed by atoms with van der Waals surface area (Å²) in [4.78, 5) is 3.07. The molecule has 0 radical (unpaired) electrons. The fourth-order valence-electron chi connectivity index (χ4n) is 2.35. The largest absolute Gasteiger partial charge is 0.497 e. The van der Waals surface area contributed by atoms with Crippen LogP contribution in [-0.4, -0.2) is 42.3 Å². The molecule has 0 N–H and O–H groups in total. The summed E-state index contributed by atoms with van der Waals surface area (Å²) in [5, 5.41) is 0. The van der Waals surface area contributed by atoms with Gasteiger partial charge in [0.05, 0.1) is 19.3 Å². The number of hydrogen-bond donors (Lipinski definition) is 0. The van der Waals surface area contributed by atoms with Crippen LogP contribution in [0, 0.1) is 0 Å². The van der Waals surface area contributed by atoms with Crippen LogP contribution in [0.3, 0.4) is 0 Å². The van der Waals surface area contributed by atoms with Crippen LogP contribution in [-0.2, 0) is 4.74 Å². The van der Waals surface area contributed by atoms with Crippen LogP contribution in [0.2, 0.25) is 0 Å². The van der Waals surface area contributed by atoms with Gasteiger partial charge in [0, 0.05) is 13.1 Å². The predicted octanol–water partition coefficient (Wildman–Crippen LogP) is 3.15. The van der Waals surface area contributed by atoms with E-state index in [1.165, 1.54) is 0 Å². The lowest BCUT2D eigenvalue weighted by molar-refractivity contribution is -0.0471. The lowest BCUT2D eigenvalue weighted by atomic mass is 10.2. The first-order valence-corrected chi connectivity index (χ1v) is 7.26. The fourth-order valence-corrected chi connectivity index (χ4v) is 2.56. The molecule has 1 heterocycles. The van der Waals surface area contributed by atoms with Gasteiger partial charge in [-0.25, -0.2) is 0 Å². The number of methoxy groups -OCH3 is 1. The predicted molar refractivity (Wildman–Crippen MR) is 86.2 cm³/mol. The summed E-state index contributed by atoms with van der Waals surface area (Å²) in [7, 11) is 1.67. The van der Waals surface area contributed by atoms with Crippen molar-refractivity contribution in [3.63, 3.8) is 0 Å². The molecular formula is C16H21NO2S. The maximum absolute atomic E-state index is 5.72. The quantitative estimate of drug-likeness (QED) is 0.630. The van der Waals surface area contributed by atoms with Crippen molar-refractivity contribution in [3.8, 4) is 5.75 Å². The third-order valence-electron chi connectivity index (χ3n) is 3.27. The van der Waals surface area contributed by atoms with E-state index >= 15 is 0 Å². The summed E-state index contributed by atoms with van der Waals surface area (Å²) in [6, 6.07) is 7.92. The molecule has 4 heteroatoms. The second-order valence-electron chi connectivity index (χ2n) is 5.11. The van der Waals surface area contributed by atoms with E-state index in [2.05, 4.69) is 18.7 Å². The van der Waals surface area contributed by atoms with Crippen LogP contribution < -0.4 is 4.74 Å². The molecule has 20 heavy (non-hydrogen) atoms. The number of ether oxygens (including phenoxy) is 2. The van der Waals surface area contributed by atoms with Crippen LogP contribution in [0.25, 0.3) is 6.08 Å². The molecule has 0 saturated carbocycles. The van der Waals surface area contributed by atoms with Crippen LogP contribution in [0.15, 0.2) is 30.3 Å². The standard InChI is InChI=1S/C16H21NO2S/c1-12-10-17(11-13(2)19-12)16(20)9-6-14-4-7-15(18-3)8-5-14/h4-9,12-13H,10-11H2,1-3H3. The van der Waals surface area contributed by atoms with E-state index in [9.17, 15) is 0 Å². The van der Waals surface area contributed by atoms with E-state index in [0.717, 1.165) is 29.4 Å². The van der Waals surface area contributed by atoms with Crippen molar-refractivity contribution in [1.82, 2.24) is 4.90 Å². The molecular weight excluding hydrogens is 270 g/mol. The zero-order chi connectivity index (χ0) is 14.5. The van der Waals surface area contributed by atoms with Crippen LogP contribution in [0.4, 0.5) is 0 Å². The van der Waals surface area contributed by atoms with Crippen molar-refractivity contribution < 1.29 is 9.47 Å². The van der Waals surface area contributed by atoms with E-state index in [4.69, 9.17) is 21.7 Å². The first kappa shape index (κ1) is 15.0. The third-order valence-corrected chi connectivity index (χ3v) is 3.66. The number of benzene rings is 1. The Hall–Kier alpha value is -1.39. The molecule has 2 rings (SSSR count). The van der Waals surface area contributed by atoms with E-state index in [1.54, 1.807) is 7.11 Å². The van der Waals surface area contributed by atoms with E-state index in [1.807, 2.05) is 36.4 Å². The van der Waals surface area contributed by atoms with Crippen LogP contribution >= 0.6 is 12.2 Å². The van der Waals surface area contributed by atoms with Crippen molar-refractivity contribution in [2.24, 2.45) is 0 Å². The lowest BCUT2D eigenvalue weighted by Crippen LogP contribution is -2.47. The lowest BCUT2D eigenvalue weighted by Gasteiger charge is -2.36. The highest BCUT2D eigenvalue weighted by molar-refractivity contribution is 7.80. The van der Waals surface area contributed by atoms with E-state index < -0.39 is 0 Å². The molecule has 0 amide bonds. The second-order valence-corrected chi connectivity index (χ2v) is 5.53. The topological polar surface area (TPSA) is 21.7 Å². The smallest absolute Gasteiger partial charge is 0.118 e. The van der Waals surface area contributed by atoms with Crippen molar-refractivity contribution in [2.45, 2.75) is 26.1 Å². The maximum atomic E-state index is 5.72. The van der Waals surface area contributed by atoms with Crippen LogP contribution in [0.5, 0.6) is 5.75 Å². The van der Waals surface area contributed by atoms with Gasteiger partial charge < -0.3 is 14.4 Å². The van der Waals surface area contributed by atoms with Gasteiger partial charge in [-0.05, 0) is 37.6 Å². The van der Waals surface area contributed by atoms with E-state index in [-0.39, 0.29) is 12.2 Å². The Morgan fingerprint density at radius 1 is 1.25 bits per heavy atom. The molecule has 1 aromatic rings. The Morgan fingerprint density at radius 3 is 2.40 bits per heavy atom. The van der Waals surface area contributed by atoms with Gasteiger partial charge in [0.25, 0.3) is 0 Å². The maximum Gasteiger partial charge on any atom is 0.118 e. The van der Waals surface area contributed by atoms with Gasteiger partial charge in [0.15, 0.2) is 0 Å². The number of thiocarbonyl (C=S) groups is 1. The minimum Gasteiger partial charge on any atom is -0.497 e. The summed E-state index contributed by atoms with van der Waals surface area (Å²) in [6.45, 7) is 5.88. The van der Waals surface area contributed by atoms with Gasteiger partial charge in [-0.1, -0.05) is 30.4 Å². The van der Waals surface area contributed by atoms with Gasteiger partial charge >= 0.3 is 0 Å². The summed E-state index contributed by atoms with van der Waals surface area (Å²) >= 11 is 5.49. The number of nitrogens with zero attached hydrogens (tertiary/aromatic N) is 1. The number of hydrogen-bond acceptors (Lipinski definition) is 3. The Bertz CT molecular complexity index is 474. The van der Waals surface area contributed by atoms with Gasteiger partial charge in [-0.3, -0.25) is 0 Å². The minimum absolute atomic E-state index is 0.228. The molecule has 0 bridgehead atoms. The zero-order valence-corrected chi connectivity index (χ0v) is 13.0. The Kier molecular flexibility index (Phi) is 5.15. The third kappa shape index (κ3) is 4.05. The first-order valence-electron chi connectivity index (χ1n) is 6.85. The minimum atomic E-state index is 0.228. The summed E-state index contributed by atoms with van der Waals surface area (Å²) in [5.74, 6) is 0.862. The Balaban J connectivity index is 1.97. The van der Waals surface area contributed by atoms with Crippen molar-refractivity contribution in [3.05, 3.63) is 35.9 Å². The van der Waals surface area contributed by atoms with E-state index in [0.29, 0.717) is 0 Å². The molecule has 1 fully saturated rings. The first-order chi connectivity index (χ1) is 9.58. The normalized spacial score (nSPS) is 23.1. The molecule has 1 aliphatic rings. The summed E-state index contributed by atoms with van der Waals surface area (Å²) < 4.78 is 10.9. The monoisotopic (exact) mass is 291 g/mol. The highest BCUT2D eigenvalue weighted by atomic mass is 32.1. The highest BCUT2D eigenvalue weighted by Crippen LogP contribution is 2.14. The highest BCUT2D eigenvalue weighted by Gasteiger charge is 2.22. The molecule has 0 aliphatic carbocycles. The molecule has 0 spiro atoms. The molecule has 108 valence electrons. The summed E-state index contributed by atoms with van der Waals surface area (Å²) in [5.41, 5.74) is 1.11. The second kappa shape index (κ2) is 6.86. The van der Waals surface area contributed by atoms with Gasteiger partial charge in [-0.15, -0.1) is 0 Å². The average molecular weight is 291 g/mol. The molecule has 1 aromatic carbocycles. The zero-order valence-electron chi connectivity index (χ0n) is 12.2. The van der Waals surface area contributed by atoms with Gasteiger partial charge in [-0.2, -0.15) is 0 Å². The van der Waals surface area contributed by atoms with Crippen molar-refractivity contribution >= 4 is 23.3 Å². The Labute approximate surface area is 126 Å². The van der Waals surface area contributed by atoms with Crippen molar-refractivity contribution in [1.29, 1.82) is 0 Å². The molecule has 2 unspecified atom stereocenters. The molecule has 1 saturated heterocycles. The average Bonchev–Trinajstić information content (AvgIpc) is 2.44. The van der Waals surface area contributed by atoms with Gasteiger partial charge in [0.1, 0.15) is 10.7 Å². The number of morpholine rings is 1.